The fraction of sp³-hybridized carbons (Fsp3) is 0.615. The lowest BCUT2D eigenvalue weighted by Crippen LogP contribution is -2.39. The van der Waals surface area contributed by atoms with E-state index >= 15 is 0 Å². The van der Waals surface area contributed by atoms with Crippen molar-refractivity contribution in [2.45, 2.75) is 18.7 Å². The van der Waals surface area contributed by atoms with Crippen molar-refractivity contribution in [1.29, 1.82) is 0 Å². The Morgan fingerprint density at radius 3 is 2.38 bits per heavy atom. The molecule has 0 atom stereocenters. The minimum Gasteiger partial charge on any atom is -0.308 e. The maximum Gasteiger partial charge on any atom is 0.244 e. The van der Waals surface area contributed by atoms with Crippen LogP contribution in [0.2, 0.25) is 0 Å². The Labute approximate surface area is 127 Å². The van der Waals surface area contributed by atoms with E-state index in [1.807, 2.05) is 32.8 Å². The molecule has 0 saturated heterocycles. The predicted molar refractivity (Wildman–Crippen MR) is 84.2 cm³/mol. The molecule has 0 amide bonds. The van der Waals surface area contributed by atoms with Crippen molar-refractivity contribution in [3.8, 4) is 0 Å². The molecule has 1 aromatic rings. The summed E-state index contributed by atoms with van der Waals surface area (Å²) in [6.07, 6.45) is 1.33. The molecule has 0 aliphatic carbocycles. The number of aromatic nitrogens is 1. The SMILES string of the molecule is CC(C)CN(CCN(C)C)S(=O)(=O)c1ccc(NN)nc1. The van der Waals surface area contributed by atoms with Gasteiger partial charge in [0.2, 0.25) is 10.0 Å². The number of nitrogens with one attached hydrogen (secondary N) is 1. The summed E-state index contributed by atoms with van der Waals surface area (Å²) in [5.41, 5.74) is 2.38. The van der Waals surface area contributed by atoms with Crippen molar-refractivity contribution in [2.75, 3.05) is 39.2 Å². The largest absolute Gasteiger partial charge is 0.308 e. The van der Waals surface area contributed by atoms with E-state index in [0.717, 1.165) is 0 Å². The number of rotatable bonds is 8. The molecule has 0 aliphatic rings. The number of pyridine rings is 1. The van der Waals surface area contributed by atoms with Gasteiger partial charge in [-0.3, -0.25) is 0 Å². The number of nitrogens with two attached hydrogens (primary N) is 1. The molecule has 0 aliphatic heterocycles. The maximum atomic E-state index is 12.7. The third-order valence-corrected chi connectivity index (χ3v) is 4.74. The summed E-state index contributed by atoms with van der Waals surface area (Å²) in [6.45, 7) is 5.59. The number of nitrogens with zero attached hydrogens (tertiary/aromatic N) is 3. The second-order valence-corrected chi connectivity index (χ2v) is 7.52. The van der Waals surface area contributed by atoms with Gasteiger partial charge in [0, 0.05) is 25.8 Å². The average Bonchev–Trinajstić information content (AvgIpc) is 2.42. The molecule has 0 aromatic carbocycles. The van der Waals surface area contributed by atoms with Gasteiger partial charge in [0.15, 0.2) is 0 Å². The van der Waals surface area contributed by atoms with Gasteiger partial charge in [0.05, 0.1) is 0 Å². The lowest BCUT2D eigenvalue weighted by Gasteiger charge is -2.25. The summed E-state index contributed by atoms with van der Waals surface area (Å²) in [4.78, 5) is 6.11. The Morgan fingerprint density at radius 1 is 1.29 bits per heavy atom. The lowest BCUT2D eigenvalue weighted by molar-refractivity contribution is 0.312. The summed E-state index contributed by atoms with van der Waals surface area (Å²) in [5.74, 6) is 5.92. The second kappa shape index (κ2) is 7.69. The van der Waals surface area contributed by atoms with Crippen LogP contribution in [0, 0.1) is 5.92 Å². The molecule has 0 fully saturated rings. The molecule has 0 spiro atoms. The molecule has 21 heavy (non-hydrogen) atoms. The summed E-state index contributed by atoms with van der Waals surface area (Å²) in [5, 5.41) is 0. The van der Waals surface area contributed by atoms with Gasteiger partial charge in [0.1, 0.15) is 10.7 Å². The highest BCUT2D eigenvalue weighted by Gasteiger charge is 2.25. The third kappa shape index (κ3) is 5.24. The Hall–Kier alpha value is -1.22. The van der Waals surface area contributed by atoms with Crippen molar-refractivity contribution in [3.63, 3.8) is 0 Å². The zero-order valence-electron chi connectivity index (χ0n) is 13.1. The summed E-state index contributed by atoms with van der Waals surface area (Å²) < 4.78 is 26.9. The van der Waals surface area contributed by atoms with E-state index in [-0.39, 0.29) is 10.8 Å². The van der Waals surface area contributed by atoms with Gasteiger partial charge in [-0.2, -0.15) is 4.31 Å². The number of nitrogen functional groups attached to an aromatic ring is 1. The van der Waals surface area contributed by atoms with Gasteiger partial charge < -0.3 is 10.3 Å². The summed E-state index contributed by atoms with van der Waals surface area (Å²) >= 11 is 0. The van der Waals surface area contributed by atoms with Gasteiger partial charge in [-0.15, -0.1) is 0 Å². The molecule has 3 N–H and O–H groups in total. The van der Waals surface area contributed by atoms with Crippen LogP contribution in [0.25, 0.3) is 0 Å². The van der Waals surface area contributed by atoms with E-state index in [2.05, 4.69) is 10.4 Å². The molecule has 1 heterocycles. The molecule has 0 saturated carbocycles. The fourth-order valence-electron chi connectivity index (χ4n) is 1.80. The van der Waals surface area contributed by atoms with Crippen molar-refractivity contribution in [2.24, 2.45) is 11.8 Å². The molecule has 7 nitrogen and oxygen atoms in total. The highest BCUT2D eigenvalue weighted by molar-refractivity contribution is 7.89. The third-order valence-electron chi connectivity index (χ3n) is 2.89. The molecule has 1 aromatic heterocycles. The molecular formula is C13H25N5O2S. The smallest absolute Gasteiger partial charge is 0.244 e. The molecule has 0 radical (unpaired) electrons. The van der Waals surface area contributed by atoms with E-state index in [0.29, 0.717) is 25.5 Å². The highest BCUT2D eigenvalue weighted by Crippen LogP contribution is 2.17. The van der Waals surface area contributed by atoms with Gasteiger partial charge in [-0.25, -0.2) is 19.2 Å². The maximum absolute atomic E-state index is 12.7. The van der Waals surface area contributed by atoms with Crippen LogP contribution in [0.3, 0.4) is 0 Å². The Kier molecular flexibility index (Phi) is 6.53. The van der Waals surface area contributed by atoms with E-state index in [1.165, 1.54) is 16.6 Å². The number of hydrazine groups is 1. The quantitative estimate of drug-likeness (QED) is 0.538. The second-order valence-electron chi connectivity index (χ2n) is 5.58. The van der Waals surface area contributed by atoms with Crippen molar-refractivity contribution >= 4 is 15.8 Å². The topological polar surface area (TPSA) is 91.6 Å². The first-order valence-corrected chi connectivity index (χ1v) is 8.29. The van der Waals surface area contributed by atoms with Gasteiger partial charge >= 0.3 is 0 Å². The normalized spacial score (nSPS) is 12.4. The standard InChI is InChI=1S/C13H25N5O2S/c1-11(2)10-18(8-7-17(3)4)21(19,20)12-5-6-13(16-14)15-9-12/h5-6,9,11H,7-8,10,14H2,1-4H3,(H,15,16). The van der Waals surface area contributed by atoms with Gasteiger partial charge in [0.25, 0.3) is 0 Å². The van der Waals surface area contributed by atoms with Crippen molar-refractivity contribution < 1.29 is 8.42 Å². The van der Waals surface area contributed by atoms with Gasteiger partial charge in [-0.05, 0) is 32.1 Å². The molecule has 0 bridgehead atoms. The van der Waals surface area contributed by atoms with Crippen molar-refractivity contribution in [3.05, 3.63) is 18.3 Å². The molecule has 1 rings (SSSR count). The van der Waals surface area contributed by atoms with Crippen LogP contribution in [-0.4, -0.2) is 56.3 Å². The molecular weight excluding hydrogens is 290 g/mol. The first-order chi connectivity index (χ1) is 9.77. The number of sulfonamides is 1. The first-order valence-electron chi connectivity index (χ1n) is 6.85. The van der Waals surface area contributed by atoms with E-state index in [1.54, 1.807) is 6.07 Å². The lowest BCUT2D eigenvalue weighted by atomic mass is 10.2. The molecule has 120 valence electrons. The Bertz CT molecular complexity index is 528. The minimum absolute atomic E-state index is 0.181. The highest BCUT2D eigenvalue weighted by atomic mass is 32.2. The van der Waals surface area contributed by atoms with Crippen LogP contribution < -0.4 is 11.3 Å². The molecule has 0 unspecified atom stereocenters. The van der Waals surface area contributed by atoms with E-state index < -0.39 is 10.0 Å². The monoisotopic (exact) mass is 315 g/mol. The zero-order chi connectivity index (χ0) is 16.0. The van der Waals surface area contributed by atoms with Gasteiger partial charge in [-0.1, -0.05) is 13.8 Å². The van der Waals surface area contributed by atoms with Crippen LogP contribution in [0.1, 0.15) is 13.8 Å². The van der Waals surface area contributed by atoms with Crippen LogP contribution in [-0.2, 0) is 10.0 Å². The van der Waals surface area contributed by atoms with E-state index in [4.69, 9.17) is 5.84 Å². The van der Waals surface area contributed by atoms with Crippen LogP contribution >= 0.6 is 0 Å². The van der Waals surface area contributed by atoms with E-state index in [9.17, 15) is 8.42 Å². The summed E-state index contributed by atoms with van der Waals surface area (Å²) in [6, 6.07) is 3.06. The molecule has 8 heteroatoms. The minimum atomic E-state index is -3.54. The number of hydrogen-bond acceptors (Lipinski definition) is 6. The van der Waals surface area contributed by atoms with Crippen LogP contribution in [0.4, 0.5) is 5.82 Å². The number of likely N-dealkylation sites (N-methyl/N-ethyl adjacent to an activating group) is 1. The Balaban J connectivity index is 3.00. The van der Waals surface area contributed by atoms with Crippen molar-refractivity contribution in [1.82, 2.24) is 14.2 Å². The van der Waals surface area contributed by atoms with Crippen LogP contribution in [0.15, 0.2) is 23.2 Å². The fourth-order valence-corrected chi connectivity index (χ4v) is 3.34. The first kappa shape index (κ1) is 17.8. The number of anilines is 1. The van der Waals surface area contributed by atoms with Crippen LogP contribution in [0.5, 0.6) is 0 Å². The number of hydrogen-bond donors (Lipinski definition) is 2. The Morgan fingerprint density at radius 2 is 1.95 bits per heavy atom. The predicted octanol–water partition coefficient (Wildman–Crippen LogP) is 0.576. The average molecular weight is 315 g/mol. The summed E-state index contributed by atoms with van der Waals surface area (Å²) in [7, 11) is 0.299. The zero-order valence-corrected chi connectivity index (χ0v) is 13.9.